The van der Waals surface area contributed by atoms with Crippen LogP contribution in [0.1, 0.15) is 37.0 Å². The quantitative estimate of drug-likeness (QED) is 0.884. The second kappa shape index (κ2) is 5.17. The predicted octanol–water partition coefficient (Wildman–Crippen LogP) is 2.89. The van der Waals surface area contributed by atoms with Gasteiger partial charge in [0.05, 0.1) is 16.9 Å². The van der Waals surface area contributed by atoms with Crippen molar-refractivity contribution in [1.29, 1.82) is 0 Å². The van der Waals surface area contributed by atoms with Crippen molar-refractivity contribution in [2.24, 2.45) is 0 Å². The normalized spacial score (nSPS) is 21.9. The molecule has 1 aliphatic rings. The molecule has 1 unspecified atom stereocenters. The first-order chi connectivity index (χ1) is 8.87. The first kappa shape index (κ1) is 13.8. The van der Waals surface area contributed by atoms with Gasteiger partial charge in [0.25, 0.3) is 0 Å². The van der Waals surface area contributed by atoms with Crippen LogP contribution >= 0.6 is 0 Å². The molecule has 0 saturated carbocycles. The Morgan fingerprint density at radius 1 is 1.53 bits per heavy atom. The molecule has 5 heteroatoms. The van der Waals surface area contributed by atoms with Crippen molar-refractivity contribution in [2.45, 2.75) is 38.3 Å². The molecule has 1 atom stereocenters. The van der Waals surface area contributed by atoms with Gasteiger partial charge in [-0.25, -0.2) is 9.18 Å². The molecular weight excluding hydrogens is 249 g/mol. The maximum absolute atomic E-state index is 13.8. The molecule has 2 N–H and O–H groups in total. The molecule has 4 nitrogen and oxygen atoms in total. The lowest BCUT2D eigenvalue weighted by molar-refractivity contribution is -0.0553. The molecule has 1 aromatic carbocycles. The number of nitrogens with one attached hydrogen (secondary N) is 1. The molecule has 0 amide bonds. The van der Waals surface area contributed by atoms with Crippen LogP contribution in [0.5, 0.6) is 0 Å². The predicted molar refractivity (Wildman–Crippen MR) is 70.0 cm³/mol. The molecular formula is C14H18FNO3. The number of carboxylic acids is 1. The highest BCUT2D eigenvalue weighted by Crippen LogP contribution is 2.27. The van der Waals surface area contributed by atoms with Crippen molar-refractivity contribution in [2.75, 3.05) is 11.9 Å². The standard InChI is InChI=1S/C14H18FNO3/c1-14(2)8-10(5-6-19-14)16-12-4-3-9(13(17)18)7-11(12)15/h3-4,7,10,16H,5-6,8H2,1-2H3,(H,17,18). The van der Waals surface area contributed by atoms with Crippen LogP contribution in [0.4, 0.5) is 10.1 Å². The van der Waals surface area contributed by atoms with Crippen LogP contribution in [0.15, 0.2) is 18.2 Å². The average Bonchev–Trinajstić information content (AvgIpc) is 2.30. The minimum absolute atomic E-state index is 0.0460. The molecule has 1 fully saturated rings. The summed E-state index contributed by atoms with van der Waals surface area (Å²) in [5.74, 6) is -1.66. The fourth-order valence-corrected chi connectivity index (χ4v) is 2.34. The van der Waals surface area contributed by atoms with Crippen molar-refractivity contribution in [1.82, 2.24) is 0 Å². The third kappa shape index (κ3) is 3.44. The molecule has 0 aromatic heterocycles. The van der Waals surface area contributed by atoms with Gasteiger partial charge in [-0.3, -0.25) is 0 Å². The molecule has 1 heterocycles. The van der Waals surface area contributed by atoms with E-state index in [0.717, 1.165) is 18.9 Å². The zero-order valence-electron chi connectivity index (χ0n) is 11.1. The van der Waals surface area contributed by atoms with Crippen LogP contribution < -0.4 is 5.32 Å². The van der Waals surface area contributed by atoms with Gasteiger partial charge in [0.1, 0.15) is 5.82 Å². The SMILES string of the molecule is CC1(C)CC(Nc2ccc(C(=O)O)cc2F)CCO1. The van der Waals surface area contributed by atoms with E-state index in [0.29, 0.717) is 12.3 Å². The zero-order chi connectivity index (χ0) is 14.0. The third-order valence-corrected chi connectivity index (χ3v) is 3.27. The molecule has 0 bridgehead atoms. The Balaban J connectivity index is 2.09. The lowest BCUT2D eigenvalue weighted by Gasteiger charge is -2.36. The van der Waals surface area contributed by atoms with Crippen molar-refractivity contribution < 1.29 is 19.0 Å². The van der Waals surface area contributed by atoms with Crippen molar-refractivity contribution >= 4 is 11.7 Å². The van der Waals surface area contributed by atoms with Gasteiger partial charge in [0.2, 0.25) is 0 Å². The summed E-state index contributed by atoms with van der Waals surface area (Å²) in [5.41, 5.74) is 0.0796. The average molecular weight is 267 g/mol. The van der Waals surface area contributed by atoms with Crippen molar-refractivity contribution in [3.63, 3.8) is 0 Å². The summed E-state index contributed by atoms with van der Waals surface area (Å²) in [6.45, 7) is 4.65. The number of hydrogen-bond acceptors (Lipinski definition) is 3. The second-order valence-electron chi connectivity index (χ2n) is 5.44. The minimum Gasteiger partial charge on any atom is -0.478 e. The van der Waals surface area contributed by atoms with Gasteiger partial charge in [-0.05, 0) is 44.9 Å². The Morgan fingerprint density at radius 3 is 2.84 bits per heavy atom. The minimum atomic E-state index is -1.13. The first-order valence-electron chi connectivity index (χ1n) is 6.31. The maximum Gasteiger partial charge on any atom is 0.335 e. The second-order valence-corrected chi connectivity index (χ2v) is 5.44. The fourth-order valence-electron chi connectivity index (χ4n) is 2.34. The van der Waals surface area contributed by atoms with Gasteiger partial charge < -0.3 is 15.2 Å². The summed E-state index contributed by atoms with van der Waals surface area (Å²) in [6.07, 6.45) is 1.59. The number of carboxylic acid groups (broad SMARTS) is 1. The molecule has 2 rings (SSSR count). The molecule has 1 aliphatic heterocycles. The Kier molecular flexibility index (Phi) is 3.75. The number of benzene rings is 1. The van der Waals surface area contributed by atoms with E-state index in [1.54, 1.807) is 0 Å². The molecule has 0 aliphatic carbocycles. The van der Waals surface area contributed by atoms with Crippen molar-refractivity contribution in [3.05, 3.63) is 29.6 Å². The number of hydrogen-bond donors (Lipinski definition) is 2. The highest BCUT2D eigenvalue weighted by atomic mass is 19.1. The molecule has 0 radical (unpaired) electrons. The van der Waals surface area contributed by atoms with Crippen LogP contribution in [0.2, 0.25) is 0 Å². The van der Waals surface area contributed by atoms with Gasteiger partial charge >= 0.3 is 5.97 Å². The Morgan fingerprint density at radius 2 is 2.26 bits per heavy atom. The van der Waals surface area contributed by atoms with E-state index in [2.05, 4.69) is 5.32 Å². The van der Waals surface area contributed by atoms with E-state index < -0.39 is 11.8 Å². The third-order valence-electron chi connectivity index (χ3n) is 3.27. The van der Waals surface area contributed by atoms with Gasteiger partial charge in [0, 0.05) is 12.6 Å². The van der Waals surface area contributed by atoms with E-state index in [1.165, 1.54) is 12.1 Å². The highest BCUT2D eigenvalue weighted by Gasteiger charge is 2.29. The van der Waals surface area contributed by atoms with Crippen LogP contribution in [-0.2, 0) is 4.74 Å². The number of ether oxygens (including phenoxy) is 1. The first-order valence-corrected chi connectivity index (χ1v) is 6.31. The number of aromatic carboxylic acids is 1. The van der Waals surface area contributed by atoms with E-state index in [9.17, 15) is 9.18 Å². The number of carbonyl (C=O) groups is 1. The number of anilines is 1. The lowest BCUT2D eigenvalue weighted by Crippen LogP contribution is -2.40. The summed E-state index contributed by atoms with van der Waals surface area (Å²) >= 11 is 0. The van der Waals surface area contributed by atoms with Crippen LogP contribution in [0, 0.1) is 5.82 Å². The summed E-state index contributed by atoms with van der Waals surface area (Å²) in [4.78, 5) is 10.7. The van der Waals surface area contributed by atoms with Gasteiger partial charge in [-0.15, -0.1) is 0 Å². The van der Waals surface area contributed by atoms with E-state index >= 15 is 0 Å². The maximum atomic E-state index is 13.8. The van der Waals surface area contributed by atoms with Gasteiger partial charge in [-0.1, -0.05) is 0 Å². The van der Waals surface area contributed by atoms with E-state index in [1.807, 2.05) is 13.8 Å². The summed E-state index contributed by atoms with van der Waals surface area (Å²) in [6, 6.07) is 4.04. The number of rotatable bonds is 3. The smallest absolute Gasteiger partial charge is 0.335 e. The Bertz CT molecular complexity index is 488. The van der Waals surface area contributed by atoms with Crippen LogP contribution in [-0.4, -0.2) is 29.3 Å². The summed E-state index contributed by atoms with van der Waals surface area (Å²) in [7, 11) is 0. The fraction of sp³-hybridized carbons (Fsp3) is 0.500. The molecule has 0 spiro atoms. The van der Waals surface area contributed by atoms with E-state index in [4.69, 9.17) is 9.84 Å². The molecule has 104 valence electrons. The largest absolute Gasteiger partial charge is 0.478 e. The monoisotopic (exact) mass is 267 g/mol. The summed E-state index contributed by atoms with van der Waals surface area (Å²) < 4.78 is 19.4. The van der Waals surface area contributed by atoms with Gasteiger partial charge in [0.15, 0.2) is 0 Å². The number of halogens is 1. The van der Waals surface area contributed by atoms with Gasteiger partial charge in [-0.2, -0.15) is 0 Å². The highest BCUT2D eigenvalue weighted by molar-refractivity contribution is 5.88. The van der Waals surface area contributed by atoms with Crippen LogP contribution in [0.25, 0.3) is 0 Å². The Labute approximate surface area is 111 Å². The molecule has 19 heavy (non-hydrogen) atoms. The summed E-state index contributed by atoms with van der Waals surface area (Å²) in [5, 5.41) is 11.9. The molecule has 1 aromatic rings. The van der Waals surface area contributed by atoms with E-state index in [-0.39, 0.29) is 17.2 Å². The topological polar surface area (TPSA) is 58.6 Å². The molecule has 1 saturated heterocycles. The van der Waals surface area contributed by atoms with Crippen LogP contribution in [0.3, 0.4) is 0 Å². The zero-order valence-corrected chi connectivity index (χ0v) is 11.1. The Hall–Kier alpha value is -1.62. The van der Waals surface area contributed by atoms with Crippen molar-refractivity contribution in [3.8, 4) is 0 Å². The lowest BCUT2D eigenvalue weighted by atomic mass is 9.94.